The topological polar surface area (TPSA) is 49.2 Å². The lowest BCUT2D eigenvalue weighted by Crippen LogP contribution is -2.24. The van der Waals surface area contributed by atoms with Crippen molar-refractivity contribution in [2.24, 2.45) is 7.05 Å². The molecule has 0 aliphatic carbocycles. The molecule has 25 heavy (non-hydrogen) atoms. The van der Waals surface area contributed by atoms with Gasteiger partial charge in [0.15, 0.2) is 28.6 Å². The molecule has 0 amide bonds. The van der Waals surface area contributed by atoms with E-state index in [0.717, 1.165) is 33.3 Å². The monoisotopic (exact) mass is 373 g/mol. The maximum absolute atomic E-state index is 6.02. The van der Waals surface area contributed by atoms with E-state index in [1.165, 1.54) is 5.56 Å². The maximum Gasteiger partial charge on any atom is 0.192 e. The highest BCUT2D eigenvalue weighted by molar-refractivity contribution is 7.98. The quantitative estimate of drug-likeness (QED) is 0.639. The Morgan fingerprint density at radius 2 is 1.88 bits per heavy atom. The number of halogens is 1. The van der Waals surface area contributed by atoms with Crippen molar-refractivity contribution in [2.75, 3.05) is 6.61 Å². The smallest absolute Gasteiger partial charge is 0.192 e. The number of hydrogen-bond donors (Lipinski definition) is 0. The van der Waals surface area contributed by atoms with Crippen molar-refractivity contribution in [3.05, 3.63) is 64.9 Å². The van der Waals surface area contributed by atoms with Gasteiger partial charge in [0.1, 0.15) is 6.61 Å². The molecule has 7 heteroatoms. The molecule has 1 aromatic heterocycles. The Hall–Kier alpha value is -2.18. The second-order valence-corrected chi connectivity index (χ2v) is 7.06. The summed E-state index contributed by atoms with van der Waals surface area (Å²) in [6.45, 7) is 0.421. The molecular weight excluding hydrogens is 358 g/mol. The predicted molar refractivity (Wildman–Crippen MR) is 97.3 cm³/mol. The van der Waals surface area contributed by atoms with E-state index >= 15 is 0 Å². The lowest BCUT2D eigenvalue weighted by Gasteiger charge is -2.25. The minimum Gasteiger partial charge on any atom is -0.485 e. The summed E-state index contributed by atoms with van der Waals surface area (Å²) < 4.78 is 13.7. The van der Waals surface area contributed by atoms with Crippen LogP contribution in [0.5, 0.6) is 11.5 Å². The minimum atomic E-state index is -0.266. The van der Waals surface area contributed by atoms with Gasteiger partial charge in [-0.05, 0) is 29.8 Å². The summed E-state index contributed by atoms with van der Waals surface area (Å²) in [7, 11) is 1.95. The third kappa shape index (κ3) is 3.45. The number of benzene rings is 2. The first-order valence-electron chi connectivity index (χ1n) is 7.86. The van der Waals surface area contributed by atoms with Gasteiger partial charge in [0.2, 0.25) is 0 Å². The van der Waals surface area contributed by atoms with Crippen molar-refractivity contribution >= 4 is 23.4 Å². The van der Waals surface area contributed by atoms with Crippen molar-refractivity contribution < 1.29 is 9.47 Å². The van der Waals surface area contributed by atoms with Crippen LogP contribution < -0.4 is 9.47 Å². The van der Waals surface area contributed by atoms with Crippen LogP contribution in [-0.2, 0) is 12.8 Å². The summed E-state index contributed by atoms with van der Waals surface area (Å²) in [4.78, 5) is 0. The van der Waals surface area contributed by atoms with Crippen molar-refractivity contribution in [3.63, 3.8) is 0 Å². The van der Waals surface area contributed by atoms with Gasteiger partial charge in [-0.2, -0.15) is 0 Å². The first kappa shape index (κ1) is 16.3. The van der Waals surface area contributed by atoms with Crippen LogP contribution in [0.2, 0.25) is 5.02 Å². The lowest BCUT2D eigenvalue weighted by atomic mass is 10.2. The highest BCUT2D eigenvalue weighted by Crippen LogP contribution is 2.36. The van der Waals surface area contributed by atoms with Gasteiger partial charge in [0, 0.05) is 17.8 Å². The zero-order valence-electron chi connectivity index (χ0n) is 13.6. The standard InChI is InChI=1S/C18H16ClN3O2S/c1-22-17(16-10-23-14-4-2-3-5-15(14)24-16)20-21-18(22)25-11-12-6-8-13(19)9-7-12/h2-9,16H,10-11H2,1H3/t16-/m1/s1. The SMILES string of the molecule is Cn1c(SCc2ccc(Cl)cc2)nnc1[C@H]1COc2ccccc2O1. The molecular formula is C18H16ClN3O2S. The summed E-state index contributed by atoms with van der Waals surface area (Å²) in [5.41, 5.74) is 1.19. The van der Waals surface area contributed by atoms with Crippen LogP contribution in [0.15, 0.2) is 53.7 Å². The van der Waals surface area contributed by atoms with E-state index in [4.69, 9.17) is 21.1 Å². The van der Waals surface area contributed by atoms with Crippen LogP contribution in [0.25, 0.3) is 0 Å². The van der Waals surface area contributed by atoms with Crippen molar-refractivity contribution in [1.29, 1.82) is 0 Å². The van der Waals surface area contributed by atoms with Crippen LogP contribution in [0, 0.1) is 0 Å². The number of thioether (sulfide) groups is 1. The molecule has 1 atom stereocenters. The molecule has 0 bridgehead atoms. The van der Waals surface area contributed by atoms with Gasteiger partial charge < -0.3 is 14.0 Å². The summed E-state index contributed by atoms with van der Waals surface area (Å²) in [6, 6.07) is 15.5. The summed E-state index contributed by atoms with van der Waals surface area (Å²) >= 11 is 7.55. The van der Waals surface area contributed by atoms with Crippen molar-refractivity contribution in [2.45, 2.75) is 17.0 Å². The Morgan fingerprint density at radius 1 is 1.12 bits per heavy atom. The Morgan fingerprint density at radius 3 is 2.68 bits per heavy atom. The Bertz CT molecular complexity index is 882. The average Bonchev–Trinajstić information content (AvgIpc) is 3.01. The molecule has 2 heterocycles. The minimum absolute atomic E-state index is 0.266. The number of fused-ring (bicyclic) bond motifs is 1. The van der Waals surface area contributed by atoms with Gasteiger partial charge >= 0.3 is 0 Å². The van der Waals surface area contributed by atoms with E-state index in [-0.39, 0.29) is 6.10 Å². The zero-order chi connectivity index (χ0) is 17.2. The van der Waals surface area contributed by atoms with Gasteiger partial charge in [0.25, 0.3) is 0 Å². The van der Waals surface area contributed by atoms with Crippen LogP contribution in [0.3, 0.4) is 0 Å². The largest absolute Gasteiger partial charge is 0.485 e. The highest BCUT2D eigenvalue weighted by atomic mass is 35.5. The molecule has 0 spiro atoms. The van der Waals surface area contributed by atoms with Gasteiger partial charge in [-0.1, -0.05) is 47.6 Å². The number of nitrogens with zero attached hydrogens (tertiary/aromatic N) is 3. The molecule has 1 aliphatic heterocycles. The number of rotatable bonds is 4. The van der Waals surface area contributed by atoms with Crippen molar-refractivity contribution in [3.8, 4) is 11.5 Å². The lowest BCUT2D eigenvalue weighted by molar-refractivity contribution is 0.0825. The normalized spacial score (nSPS) is 16.0. The zero-order valence-corrected chi connectivity index (χ0v) is 15.1. The average molecular weight is 374 g/mol. The molecule has 0 unspecified atom stereocenters. The molecule has 0 radical (unpaired) electrons. The van der Waals surface area contributed by atoms with Gasteiger partial charge in [-0.15, -0.1) is 10.2 Å². The van der Waals surface area contributed by atoms with Gasteiger partial charge in [-0.25, -0.2) is 0 Å². The fourth-order valence-electron chi connectivity index (χ4n) is 2.61. The second-order valence-electron chi connectivity index (χ2n) is 5.68. The van der Waals surface area contributed by atoms with E-state index in [2.05, 4.69) is 10.2 Å². The summed E-state index contributed by atoms with van der Waals surface area (Å²) in [6.07, 6.45) is -0.266. The first-order chi connectivity index (χ1) is 12.2. The molecule has 0 N–H and O–H groups in total. The molecule has 0 fully saturated rings. The van der Waals surface area contributed by atoms with Crippen LogP contribution in [0.4, 0.5) is 0 Å². The molecule has 3 aromatic rings. The Labute approximate surface area is 154 Å². The van der Waals surface area contributed by atoms with Gasteiger partial charge in [0.05, 0.1) is 0 Å². The maximum atomic E-state index is 6.02. The summed E-state index contributed by atoms with van der Waals surface area (Å²) in [5.74, 6) is 3.05. The third-order valence-electron chi connectivity index (χ3n) is 3.95. The Kier molecular flexibility index (Phi) is 4.55. The van der Waals surface area contributed by atoms with Crippen LogP contribution in [0.1, 0.15) is 17.5 Å². The van der Waals surface area contributed by atoms with Crippen molar-refractivity contribution in [1.82, 2.24) is 14.8 Å². The van der Waals surface area contributed by atoms with E-state index in [9.17, 15) is 0 Å². The predicted octanol–water partition coefficient (Wildman–Crippen LogP) is 4.27. The molecule has 1 aliphatic rings. The fourth-order valence-corrected chi connectivity index (χ4v) is 3.61. The molecule has 4 rings (SSSR count). The Balaban J connectivity index is 1.47. The van der Waals surface area contributed by atoms with Crippen LogP contribution >= 0.6 is 23.4 Å². The second kappa shape index (κ2) is 6.98. The molecule has 2 aromatic carbocycles. The number of aromatic nitrogens is 3. The van der Waals surface area contributed by atoms with E-state index < -0.39 is 0 Å². The third-order valence-corrected chi connectivity index (χ3v) is 5.29. The van der Waals surface area contributed by atoms with Crippen LogP contribution in [-0.4, -0.2) is 21.4 Å². The van der Waals surface area contributed by atoms with E-state index in [1.54, 1.807) is 11.8 Å². The number of hydrogen-bond acceptors (Lipinski definition) is 5. The number of ether oxygens (including phenoxy) is 2. The van der Waals surface area contributed by atoms with E-state index in [0.29, 0.717) is 6.61 Å². The highest BCUT2D eigenvalue weighted by Gasteiger charge is 2.27. The van der Waals surface area contributed by atoms with Gasteiger partial charge in [-0.3, -0.25) is 0 Å². The summed E-state index contributed by atoms with van der Waals surface area (Å²) in [5, 5.41) is 10.2. The molecule has 0 saturated carbocycles. The number of para-hydroxylation sites is 2. The fraction of sp³-hybridized carbons (Fsp3) is 0.222. The molecule has 128 valence electrons. The molecule has 5 nitrogen and oxygen atoms in total. The van der Waals surface area contributed by atoms with E-state index in [1.807, 2.05) is 60.1 Å². The molecule has 0 saturated heterocycles. The first-order valence-corrected chi connectivity index (χ1v) is 9.22.